The number of aryl methyl sites for hydroxylation is 3. The first-order chi connectivity index (χ1) is 11.5. The number of amides is 1. The highest BCUT2D eigenvalue weighted by Crippen LogP contribution is 2.22. The zero-order valence-electron chi connectivity index (χ0n) is 14.8. The van der Waals surface area contributed by atoms with E-state index in [1.807, 2.05) is 13.8 Å². The normalized spacial score (nSPS) is 10.5. The van der Waals surface area contributed by atoms with Crippen molar-refractivity contribution in [2.75, 3.05) is 30.9 Å². The van der Waals surface area contributed by atoms with Crippen molar-refractivity contribution in [1.82, 2.24) is 4.98 Å². The maximum atomic E-state index is 12.5. The van der Waals surface area contributed by atoms with E-state index in [4.69, 9.17) is 4.74 Å². The summed E-state index contributed by atoms with van der Waals surface area (Å²) < 4.78 is 5.01. The number of benzene rings is 1. The molecule has 0 radical (unpaired) electrons. The van der Waals surface area contributed by atoms with E-state index in [9.17, 15) is 4.79 Å². The molecule has 2 aromatic rings. The Hall–Kier alpha value is -2.40. The van der Waals surface area contributed by atoms with Crippen LogP contribution in [0, 0.1) is 20.8 Å². The molecular weight excluding hydrogens is 302 g/mol. The van der Waals surface area contributed by atoms with Crippen LogP contribution in [0.2, 0.25) is 0 Å². The zero-order valence-corrected chi connectivity index (χ0v) is 14.8. The number of carbonyl (C=O) groups is 1. The fourth-order valence-electron chi connectivity index (χ4n) is 2.66. The van der Waals surface area contributed by atoms with Crippen LogP contribution in [0.3, 0.4) is 0 Å². The van der Waals surface area contributed by atoms with E-state index in [1.165, 1.54) is 5.56 Å². The van der Waals surface area contributed by atoms with Crippen LogP contribution in [0.4, 0.5) is 11.5 Å². The number of aromatic nitrogens is 1. The van der Waals surface area contributed by atoms with Crippen molar-refractivity contribution in [3.05, 3.63) is 52.7 Å². The lowest BCUT2D eigenvalue weighted by Crippen LogP contribution is -2.15. The van der Waals surface area contributed by atoms with Crippen molar-refractivity contribution in [1.29, 1.82) is 0 Å². The highest BCUT2D eigenvalue weighted by molar-refractivity contribution is 6.05. The average Bonchev–Trinajstić information content (AvgIpc) is 2.55. The van der Waals surface area contributed by atoms with Crippen LogP contribution in [0.15, 0.2) is 30.5 Å². The number of anilines is 2. The third-order valence-electron chi connectivity index (χ3n) is 3.77. The number of ether oxygens (including phenoxy) is 1. The topological polar surface area (TPSA) is 63.2 Å². The summed E-state index contributed by atoms with van der Waals surface area (Å²) in [5, 5.41) is 6.21. The van der Waals surface area contributed by atoms with Gasteiger partial charge in [-0.3, -0.25) is 4.79 Å². The molecule has 1 aromatic carbocycles. The average molecular weight is 327 g/mol. The maximum Gasteiger partial charge on any atom is 0.255 e. The van der Waals surface area contributed by atoms with E-state index in [-0.39, 0.29) is 5.91 Å². The number of pyridine rings is 1. The number of methoxy groups -OCH3 is 1. The van der Waals surface area contributed by atoms with Gasteiger partial charge in [0.1, 0.15) is 5.82 Å². The first-order valence-corrected chi connectivity index (χ1v) is 8.09. The third-order valence-corrected chi connectivity index (χ3v) is 3.77. The SMILES string of the molecule is COCCCNc1cc(C(=O)Nc2c(C)cc(C)cc2C)ccn1. The Labute approximate surface area is 143 Å². The highest BCUT2D eigenvalue weighted by atomic mass is 16.5. The van der Waals surface area contributed by atoms with Gasteiger partial charge >= 0.3 is 0 Å². The van der Waals surface area contributed by atoms with Crippen molar-refractivity contribution >= 4 is 17.4 Å². The molecule has 2 N–H and O–H groups in total. The lowest BCUT2D eigenvalue weighted by molar-refractivity contribution is 0.102. The van der Waals surface area contributed by atoms with Gasteiger partial charge in [-0.15, -0.1) is 0 Å². The Morgan fingerprint density at radius 3 is 2.54 bits per heavy atom. The molecule has 0 saturated carbocycles. The fraction of sp³-hybridized carbons (Fsp3) is 0.368. The molecule has 5 nitrogen and oxygen atoms in total. The van der Waals surface area contributed by atoms with Gasteiger partial charge in [-0.25, -0.2) is 4.98 Å². The first-order valence-electron chi connectivity index (χ1n) is 8.09. The van der Waals surface area contributed by atoms with E-state index < -0.39 is 0 Å². The standard InChI is InChI=1S/C19H25N3O2/c1-13-10-14(2)18(15(3)11-13)22-19(23)16-6-8-21-17(12-16)20-7-5-9-24-4/h6,8,10-12H,5,7,9H2,1-4H3,(H,20,21)(H,22,23). The van der Waals surface area contributed by atoms with Crippen LogP contribution in [-0.4, -0.2) is 31.2 Å². The second-order valence-electron chi connectivity index (χ2n) is 5.93. The van der Waals surface area contributed by atoms with E-state index in [0.717, 1.165) is 29.8 Å². The van der Waals surface area contributed by atoms with Crippen LogP contribution in [0.1, 0.15) is 33.5 Å². The summed E-state index contributed by atoms with van der Waals surface area (Å²) in [6.07, 6.45) is 2.53. The van der Waals surface area contributed by atoms with Crippen molar-refractivity contribution < 1.29 is 9.53 Å². The van der Waals surface area contributed by atoms with Gasteiger partial charge in [-0.2, -0.15) is 0 Å². The van der Waals surface area contributed by atoms with Gasteiger partial charge in [0, 0.05) is 37.7 Å². The Morgan fingerprint density at radius 1 is 1.17 bits per heavy atom. The second-order valence-corrected chi connectivity index (χ2v) is 5.93. The number of nitrogens with zero attached hydrogens (tertiary/aromatic N) is 1. The first kappa shape index (κ1) is 17.9. The Balaban J connectivity index is 2.07. The summed E-state index contributed by atoms with van der Waals surface area (Å²) in [6.45, 7) is 7.51. The minimum Gasteiger partial charge on any atom is -0.385 e. The molecule has 5 heteroatoms. The van der Waals surface area contributed by atoms with Gasteiger partial charge < -0.3 is 15.4 Å². The largest absolute Gasteiger partial charge is 0.385 e. The molecule has 0 aliphatic rings. The zero-order chi connectivity index (χ0) is 17.5. The molecule has 0 saturated heterocycles. The molecule has 1 amide bonds. The molecule has 0 unspecified atom stereocenters. The van der Waals surface area contributed by atoms with Crippen LogP contribution in [0.5, 0.6) is 0 Å². The van der Waals surface area contributed by atoms with Crippen LogP contribution in [0.25, 0.3) is 0 Å². The maximum absolute atomic E-state index is 12.5. The molecule has 1 aromatic heterocycles. The summed E-state index contributed by atoms with van der Waals surface area (Å²) in [5.41, 5.74) is 4.77. The molecule has 0 aliphatic carbocycles. The van der Waals surface area contributed by atoms with Crippen molar-refractivity contribution in [2.24, 2.45) is 0 Å². The minimum atomic E-state index is -0.132. The fourth-order valence-corrected chi connectivity index (χ4v) is 2.66. The van der Waals surface area contributed by atoms with E-state index in [1.54, 1.807) is 25.4 Å². The smallest absolute Gasteiger partial charge is 0.255 e. The lowest BCUT2D eigenvalue weighted by atomic mass is 10.0. The van der Waals surface area contributed by atoms with E-state index in [2.05, 4.69) is 34.7 Å². The van der Waals surface area contributed by atoms with Gasteiger partial charge in [-0.05, 0) is 50.5 Å². The summed E-state index contributed by atoms with van der Waals surface area (Å²) in [4.78, 5) is 16.8. The van der Waals surface area contributed by atoms with Gasteiger partial charge in [0.2, 0.25) is 0 Å². The molecule has 1 heterocycles. The van der Waals surface area contributed by atoms with Gasteiger partial charge in [0.25, 0.3) is 5.91 Å². The quantitative estimate of drug-likeness (QED) is 0.761. The molecular formula is C19H25N3O2. The van der Waals surface area contributed by atoms with Crippen LogP contribution >= 0.6 is 0 Å². The van der Waals surface area contributed by atoms with Crippen LogP contribution in [-0.2, 0) is 4.74 Å². The molecule has 2 rings (SSSR count). The lowest BCUT2D eigenvalue weighted by Gasteiger charge is -2.13. The molecule has 128 valence electrons. The number of rotatable bonds is 7. The second kappa shape index (κ2) is 8.45. The number of hydrogen-bond donors (Lipinski definition) is 2. The Kier molecular flexibility index (Phi) is 6.32. The summed E-state index contributed by atoms with van der Waals surface area (Å²) in [7, 11) is 1.68. The highest BCUT2D eigenvalue weighted by Gasteiger charge is 2.11. The van der Waals surface area contributed by atoms with Crippen molar-refractivity contribution in [2.45, 2.75) is 27.2 Å². The van der Waals surface area contributed by atoms with Crippen molar-refractivity contribution in [3.63, 3.8) is 0 Å². The van der Waals surface area contributed by atoms with E-state index in [0.29, 0.717) is 18.0 Å². The summed E-state index contributed by atoms with van der Waals surface area (Å²) >= 11 is 0. The predicted molar refractivity (Wildman–Crippen MR) is 97.8 cm³/mol. The van der Waals surface area contributed by atoms with Crippen molar-refractivity contribution in [3.8, 4) is 0 Å². The third kappa shape index (κ3) is 4.80. The molecule has 0 aliphatic heterocycles. The molecule has 0 bridgehead atoms. The molecule has 24 heavy (non-hydrogen) atoms. The molecule has 0 fully saturated rings. The Morgan fingerprint density at radius 2 is 1.88 bits per heavy atom. The monoisotopic (exact) mass is 327 g/mol. The summed E-state index contributed by atoms with van der Waals surface area (Å²) in [5.74, 6) is 0.559. The summed E-state index contributed by atoms with van der Waals surface area (Å²) in [6, 6.07) is 7.62. The van der Waals surface area contributed by atoms with Crippen LogP contribution < -0.4 is 10.6 Å². The number of nitrogens with one attached hydrogen (secondary N) is 2. The Bertz CT molecular complexity index is 691. The number of hydrogen-bond acceptors (Lipinski definition) is 4. The van der Waals surface area contributed by atoms with E-state index >= 15 is 0 Å². The minimum absolute atomic E-state index is 0.132. The van der Waals surface area contributed by atoms with Gasteiger partial charge in [0.15, 0.2) is 0 Å². The molecule has 0 atom stereocenters. The van der Waals surface area contributed by atoms with Gasteiger partial charge in [0.05, 0.1) is 0 Å². The molecule has 0 spiro atoms. The predicted octanol–water partition coefficient (Wildman–Crippen LogP) is 3.71. The number of carbonyl (C=O) groups excluding carboxylic acids is 1. The van der Waals surface area contributed by atoms with Gasteiger partial charge in [-0.1, -0.05) is 17.7 Å².